The molecule has 3 aromatic heterocycles. The molecule has 0 aliphatic carbocycles. The highest BCUT2D eigenvalue weighted by Crippen LogP contribution is 2.36. The molecule has 1 atom stereocenters. The molecule has 0 saturated heterocycles. The number of benzene rings is 2. The monoisotopic (exact) mass is 677 g/mol. The summed E-state index contributed by atoms with van der Waals surface area (Å²) in [7, 11) is 1.71. The lowest BCUT2D eigenvalue weighted by molar-refractivity contribution is -0.137. The maximum absolute atomic E-state index is 14.0. The maximum atomic E-state index is 14.0. The minimum Gasteiger partial charge on any atom is -0.342 e. The number of imidazole rings is 1. The highest BCUT2D eigenvalue weighted by molar-refractivity contribution is 7.13. The summed E-state index contributed by atoms with van der Waals surface area (Å²) in [6.45, 7) is 0.235. The van der Waals surface area contributed by atoms with Crippen LogP contribution in [-0.4, -0.2) is 44.1 Å². The van der Waals surface area contributed by atoms with E-state index in [4.69, 9.17) is 11.6 Å². The fourth-order valence-corrected chi connectivity index (χ4v) is 5.60. The van der Waals surface area contributed by atoms with E-state index in [9.17, 15) is 36.3 Å². The third-order valence-corrected chi connectivity index (χ3v) is 7.85. The van der Waals surface area contributed by atoms with E-state index in [1.165, 1.54) is 41.0 Å². The third-order valence-electron chi connectivity index (χ3n) is 6.68. The molecule has 2 aromatic carbocycles. The van der Waals surface area contributed by atoms with Crippen LogP contribution >= 0.6 is 23.1 Å². The summed E-state index contributed by atoms with van der Waals surface area (Å²) < 4.78 is 69.9. The molecule has 0 spiro atoms. The van der Waals surface area contributed by atoms with Gasteiger partial charge in [-0.15, -0.1) is 0 Å². The largest absolute Gasteiger partial charge is 0.417 e. The van der Waals surface area contributed by atoms with Crippen molar-refractivity contribution in [1.29, 1.82) is 0 Å². The molecule has 1 aliphatic rings. The molecule has 5 aromatic rings. The number of carbonyl (C=O) groups excluding carboxylic acids is 3. The van der Waals surface area contributed by atoms with E-state index in [2.05, 4.69) is 30.3 Å². The van der Waals surface area contributed by atoms with E-state index in [-0.39, 0.29) is 40.2 Å². The maximum Gasteiger partial charge on any atom is 0.417 e. The molecule has 0 bridgehead atoms. The molecular weight excluding hydrogens is 657 g/mol. The van der Waals surface area contributed by atoms with E-state index in [1.807, 2.05) is 0 Å². The zero-order chi connectivity index (χ0) is 33.2. The quantitative estimate of drug-likeness (QED) is 0.159. The number of halogens is 6. The molecule has 46 heavy (non-hydrogen) atoms. The molecule has 1 unspecified atom stereocenters. The Balaban J connectivity index is 0.000000270. The van der Waals surface area contributed by atoms with Crippen LogP contribution in [0.15, 0.2) is 54.7 Å². The number of nitrogens with one attached hydrogen (secondary N) is 3. The van der Waals surface area contributed by atoms with E-state index in [0.29, 0.717) is 28.6 Å². The Hall–Kier alpha value is -4.80. The molecule has 238 valence electrons. The van der Waals surface area contributed by atoms with Crippen molar-refractivity contribution in [2.75, 3.05) is 12.4 Å². The molecule has 0 fully saturated rings. The lowest BCUT2D eigenvalue weighted by atomic mass is 10.0. The van der Waals surface area contributed by atoms with Crippen molar-refractivity contribution in [1.82, 2.24) is 29.5 Å². The standard InChI is InChI=1S/C21H12ClF2N5O3S.C8H9F3N2/c22-13-3-1-9(23)5-11(13)17-19-20(25-15(8-30)29(19)7-16(31)26-17)27-21(32)18-12-6-10(24)2-4-14(12)33-28-18;1-12-5-7-3-2-6(4-13-7)8(9,10)11/h1-6,8,17H,7H2,(H,26,31)(H,27,32);2-4,12H,5H2,1H3. The number of aldehydes is 1. The summed E-state index contributed by atoms with van der Waals surface area (Å²) in [6, 6.07) is 9.03. The Morgan fingerprint density at radius 2 is 1.89 bits per heavy atom. The highest BCUT2D eigenvalue weighted by atomic mass is 35.5. The molecule has 17 heteroatoms. The number of hydrogen-bond donors (Lipinski definition) is 3. The topological polar surface area (TPSA) is 131 Å². The van der Waals surface area contributed by atoms with Crippen LogP contribution in [0.1, 0.15) is 49.7 Å². The lowest BCUT2D eigenvalue weighted by Gasteiger charge is -2.27. The van der Waals surface area contributed by atoms with Gasteiger partial charge in [-0.2, -0.15) is 17.5 Å². The van der Waals surface area contributed by atoms with Gasteiger partial charge in [-0.05, 0) is 67.1 Å². The van der Waals surface area contributed by atoms with Crippen molar-refractivity contribution in [3.05, 3.63) is 105 Å². The van der Waals surface area contributed by atoms with Gasteiger partial charge in [-0.25, -0.2) is 13.8 Å². The van der Waals surface area contributed by atoms with Crippen LogP contribution in [0.25, 0.3) is 10.1 Å². The summed E-state index contributed by atoms with van der Waals surface area (Å²) in [6.07, 6.45) is -3.02. The molecule has 3 N–H and O–H groups in total. The Morgan fingerprint density at radius 1 is 1.15 bits per heavy atom. The first-order valence-corrected chi connectivity index (χ1v) is 14.4. The van der Waals surface area contributed by atoms with Gasteiger partial charge in [-0.1, -0.05) is 11.6 Å². The van der Waals surface area contributed by atoms with Crippen molar-refractivity contribution in [2.45, 2.75) is 25.3 Å². The lowest BCUT2D eigenvalue weighted by Crippen LogP contribution is -2.40. The second-order valence-electron chi connectivity index (χ2n) is 9.77. The van der Waals surface area contributed by atoms with Gasteiger partial charge in [0, 0.05) is 28.7 Å². The van der Waals surface area contributed by atoms with Crippen molar-refractivity contribution in [2.24, 2.45) is 0 Å². The first-order valence-electron chi connectivity index (χ1n) is 13.2. The van der Waals surface area contributed by atoms with Gasteiger partial charge in [0.05, 0.1) is 27.7 Å². The Kier molecular flexibility index (Phi) is 9.41. The molecule has 2 amide bonds. The first kappa shape index (κ1) is 32.6. The van der Waals surface area contributed by atoms with Crippen molar-refractivity contribution < 1.29 is 36.3 Å². The summed E-state index contributed by atoms with van der Waals surface area (Å²) in [5.41, 5.74) is 0.315. The summed E-state index contributed by atoms with van der Waals surface area (Å²) >= 11 is 7.28. The first-order chi connectivity index (χ1) is 21.9. The average molecular weight is 678 g/mol. The van der Waals surface area contributed by atoms with Gasteiger partial charge < -0.3 is 20.5 Å². The van der Waals surface area contributed by atoms with Gasteiger partial charge >= 0.3 is 6.18 Å². The van der Waals surface area contributed by atoms with Crippen molar-refractivity contribution in [3.8, 4) is 0 Å². The number of hydrogen-bond acceptors (Lipinski definition) is 8. The highest BCUT2D eigenvalue weighted by Gasteiger charge is 2.35. The van der Waals surface area contributed by atoms with Crippen LogP contribution in [0, 0.1) is 11.6 Å². The summed E-state index contributed by atoms with van der Waals surface area (Å²) in [4.78, 5) is 44.8. The summed E-state index contributed by atoms with van der Waals surface area (Å²) in [5, 5.41) is 8.58. The molecule has 1 aliphatic heterocycles. The predicted octanol–water partition coefficient (Wildman–Crippen LogP) is 5.53. The molecular formula is C29H21ClF5N7O3S. The number of alkyl halides is 3. The molecule has 0 saturated carbocycles. The predicted molar refractivity (Wildman–Crippen MR) is 159 cm³/mol. The number of nitrogens with zero attached hydrogens (tertiary/aromatic N) is 4. The second kappa shape index (κ2) is 13.3. The van der Waals surface area contributed by atoms with Crippen LogP contribution in [0.4, 0.5) is 27.8 Å². The fraction of sp³-hybridized carbons (Fsp3) is 0.172. The Labute approximate surface area is 265 Å². The van der Waals surface area contributed by atoms with Crippen LogP contribution in [0.3, 0.4) is 0 Å². The van der Waals surface area contributed by atoms with E-state index in [0.717, 1.165) is 29.9 Å². The third kappa shape index (κ3) is 6.88. The minimum absolute atomic E-state index is 0.0240. The van der Waals surface area contributed by atoms with Gasteiger partial charge in [0.15, 0.2) is 17.9 Å². The van der Waals surface area contributed by atoms with Crippen LogP contribution in [0.5, 0.6) is 0 Å². The number of anilines is 1. The Morgan fingerprint density at radius 3 is 2.57 bits per heavy atom. The van der Waals surface area contributed by atoms with E-state index >= 15 is 0 Å². The van der Waals surface area contributed by atoms with E-state index < -0.39 is 41.2 Å². The second-order valence-corrected chi connectivity index (χ2v) is 11.0. The van der Waals surface area contributed by atoms with Gasteiger partial charge in [0.25, 0.3) is 5.91 Å². The number of amides is 2. The summed E-state index contributed by atoms with van der Waals surface area (Å²) in [5.74, 6) is -2.40. The van der Waals surface area contributed by atoms with Gasteiger partial charge in [0.2, 0.25) is 5.91 Å². The average Bonchev–Trinajstić information content (AvgIpc) is 3.59. The number of rotatable bonds is 6. The van der Waals surface area contributed by atoms with Crippen molar-refractivity contribution in [3.63, 3.8) is 0 Å². The number of carbonyl (C=O) groups is 3. The Bertz CT molecular complexity index is 1950. The SMILES string of the molecule is CNCc1ccc(C(F)(F)F)cn1.O=Cc1nc(NC(=O)c2nsc3ccc(F)cc23)c2n1CC(=O)NC2c1cc(F)ccc1Cl. The minimum atomic E-state index is -4.30. The molecule has 6 rings (SSSR count). The molecule has 4 heterocycles. The molecule has 10 nitrogen and oxygen atoms in total. The van der Waals surface area contributed by atoms with Crippen molar-refractivity contribution >= 4 is 57.1 Å². The van der Waals surface area contributed by atoms with Gasteiger partial charge in [-0.3, -0.25) is 19.4 Å². The fourth-order valence-electron chi connectivity index (χ4n) is 4.62. The number of aromatic nitrogens is 4. The smallest absolute Gasteiger partial charge is 0.342 e. The zero-order valence-corrected chi connectivity index (χ0v) is 25.0. The molecule has 0 radical (unpaired) electrons. The van der Waals surface area contributed by atoms with Crippen LogP contribution in [-0.2, 0) is 24.1 Å². The van der Waals surface area contributed by atoms with Gasteiger partial charge in [0.1, 0.15) is 23.9 Å². The zero-order valence-electron chi connectivity index (χ0n) is 23.5. The van der Waals surface area contributed by atoms with Crippen LogP contribution in [0.2, 0.25) is 5.02 Å². The van der Waals surface area contributed by atoms with E-state index in [1.54, 1.807) is 7.05 Å². The van der Waals surface area contributed by atoms with Crippen LogP contribution < -0.4 is 16.0 Å². The normalized spacial score (nSPS) is 14.2. The number of fused-ring (bicyclic) bond motifs is 2. The number of pyridine rings is 1.